The van der Waals surface area contributed by atoms with E-state index in [4.69, 9.17) is 0 Å². The number of hydrogen-bond donors (Lipinski definition) is 1. The predicted octanol–water partition coefficient (Wildman–Crippen LogP) is 2.13. The van der Waals surface area contributed by atoms with Crippen LogP contribution < -0.4 is 5.32 Å². The Bertz CT molecular complexity index is 503. The summed E-state index contributed by atoms with van der Waals surface area (Å²) in [5, 5.41) is 3.09. The highest BCUT2D eigenvalue weighted by Crippen LogP contribution is 2.16. The fourth-order valence-corrected chi connectivity index (χ4v) is 3.03. The minimum Gasteiger partial charge on any atom is -0.314 e. The van der Waals surface area contributed by atoms with Crippen LogP contribution in [0.2, 0.25) is 0 Å². The molecule has 6 heteroatoms. The van der Waals surface area contributed by atoms with E-state index in [0.29, 0.717) is 6.42 Å². The zero-order valence-corrected chi connectivity index (χ0v) is 11.2. The molecule has 3 nitrogen and oxygen atoms in total. The second-order valence-electron chi connectivity index (χ2n) is 4.14. The van der Waals surface area contributed by atoms with Crippen molar-refractivity contribution >= 4 is 9.84 Å². The minimum atomic E-state index is -3.56. The minimum absolute atomic E-state index is 0.0649. The van der Waals surface area contributed by atoms with Gasteiger partial charge < -0.3 is 5.32 Å². The lowest BCUT2D eigenvalue weighted by Crippen LogP contribution is -2.27. The van der Waals surface area contributed by atoms with Gasteiger partial charge in [0, 0.05) is 6.04 Å². The third-order valence-electron chi connectivity index (χ3n) is 2.62. The molecule has 1 aromatic rings. The third kappa shape index (κ3) is 4.03. The Morgan fingerprint density at radius 2 is 1.94 bits per heavy atom. The van der Waals surface area contributed by atoms with Crippen molar-refractivity contribution in [3.05, 3.63) is 29.8 Å². The number of sulfone groups is 1. The van der Waals surface area contributed by atoms with Crippen LogP contribution in [0.5, 0.6) is 0 Å². The van der Waals surface area contributed by atoms with Crippen LogP contribution in [0, 0.1) is 11.6 Å². The second-order valence-corrected chi connectivity index (χ2v) is 6.25. The highest BCUT2D eigenvalue weighted by Gasteiger charge is 2.17. The van der Waals surface area contributed by atoms with Gasteiger partial charge in [0.2, 0.25) is 0 Å². The van der Waals surface area contributed by atoms with Gasteiger partial charge in [0.1, 0.15) is 0 Å². The SMILES string of the molecule is CCNC(C)CCS(=O)(=O)c1ccc(F)c(F)c1. The first-order valence-corrected chi connectivity index (χ1v) is 7.43. The zero-order chi connectivity index (χ0) is 13.8. The molecule has 0 fully saturated rings. The van der Waals surface area contributed by atoms with Crippen molar-refractivity contribution in [3.63, 3.8) is 0 Å². The maximum absolute atomic E-state index is 13.0. The lowest BCUT2D eigenvalue weighted by atomic mass is 10.3. The number of hydrogen-bond acceptors (Lipinski definition) is 3. The standard InChI is InChI=1S/C12H17F2NO2S/c1-3-15-9(2)6-7-18(16,17)10-4-5-11(13)12(14)8-10/h4-5,8-9,15H,3,6-7H2,1-2H3. The van der Waals surface area contributed by atoms with Crippen LogP contribution in [0.1, 0.15) is 20.3 Å². The van der Waals surface area contributed by atoms with E-state index < -0.39 is 21.5 Å². The monoisotopic (exact) mass is 277 g/mol. The van der Waals surface area contributed by atoms with Gasteiger partial charge in [-0.25, -0.2) is 17.2 Å². The summed E-state index contributed by atoms with van der Waals surface area (Å²) >= 11 is 0. The first-order chi connectivity index (χ1) is 8.36. The van der Waals surface area contributed by atoms with Crippen LogP contribution in [0.3, 0.4) is 0 Å². The van der Waals surface area contributed by atoms with Gasteiger partial charge in [-0.05, 0) is 38.1 Å². The molecule has 1 aromatic carbocycles. The number of rotatable bonds is 6. The molecule has 0 aliphatic carbocycles. The number of halogens is 2. The molecule has 0 aromatic heterocycles. The van der Waals surface area contributed by atoms with Crippen LogP contribution >= 0.6 is 0 Å². The summed E-state index contributed by atoms with van der Waals surface area (Å²) in [4.78, 5) is -0.176. The van der Waals surface area contributed by atoms with E-state index in [2.05, 4.69) is 5.32 Å². The van der Waals surface area contributed by atoms with Gasteiger partial charge in [-0.3, -0.25) is 0 Å². The molecule has 1 unspecified atom stereocenters. The van der Waals surface area contributed by atoms with E-state index in [1.165, 1.54) is 0 Å². The third-order valence-corrected chi connectivity index (χ3v) is 4.37. The summed E-state index contributed by atoms with van der Waals surface area (Å²) in [6, 6.07) is 2.71. The van der Waals surface area contributed by atoms with E-state index in [-0.39, 0.29) is 16.7 Å². The lowest BCUT2D eigenvalue weighted by molar-refractivity contribution is 0.504. The molecule has 0 spiro atoms. The van der Waals surface area contributed by atoms with Gasteiger partial charge in [0.15, 0.2) is 21.5 Å². The van der Waals surface area contributed by atoms with E-state index in [0.717, 1.165) is 24.7 Å². The van der Waals surface area contributed by atoms with Crippen molar-refractivity contribution < 1.29 is 17.2 Å². The molecule has 0 amide bonds. The molecule has 0 radical (unpaired) electrons. The molecule has 0 bridgehead atoms. The Morgan fingerprint density at radius 3 is 2.50 bits per heavy atom. The smallest absolute Gasteiger partial charge is 0.178 e. The van der Waals surface area contributed by atoms with Crippen LogP contribution in [0.4, 0.5) is 8.78 Å². The molecule has 18 heavy (non-hydrogen) atoms. The Kier molecular flexibility index (Phi) is 5.22. The average molecular weight is 277 g/mol. The van der Waals surface area contributed by atoms with Crippen LogP contribution in [-0.4, -0.2) is 26.8 Å². The molecule has 1 rings (SSSR count). The molecular formula is C12H17F2NO2S. The van der Waals surface area contributed by atoms with Gasteiger partial charge in [0.25, 0.3) is 0 Å². The van der Waals surface area contributed by atoms with Gasteiger partial charge >= 0.3 is 0 Å². The van der Waals surface area contributed by atoms with Crippen molar-refractivity contribution in [3.8, 4) is 0 Å². The Hall–Kier alpha value is -1.01. The van der Waals surface area contributed by atoms with E-state index >= 15 is 0 Å². The van der Waals surface area contributed by atoms with Crippen molar-refractivity contribution in [2.24, 2.45) is 0 Å². The van der Waals surface area contributed by atoms with Crippen molar-refractivity contribution in [1.29, 1.82) is 0 Å². The second kappa shape index (κ2) is 6.24. The summed E-state index contributed by atoms with van der Waals surface area (Å²) in [7, 11) is -3.56. The van der Waals surface area contributed by atoms with Crippen molar-refractivity contribution in [1.82, 2.24) is 5.32 Å². The summed E-state index contributed by atoms with van der Waals surface area (Å²) in [6.07, 6.45) is 0.426. The topological polar surface area (TPSA) is 46.2 Å². The average Bonchev–Trinajstić information content (AvgIpc) is 2.30. The highest BCUT2D eigenvalue weighted by molar-refractivity contribution is 7.91. The van der Waals surface area contributed by atoms with E-state index in [1.807, 2.05) is 13.8 Å². The molecule has 0 saturated heterocycles. The van der Waals surface area contributed by atoms with E-state index in [1.54, 1.807) is 0 Å². The molecule has 0 heterocycles. The fraction of sp³-hybridized carbons (Fsp3) is 0.500. The van der Waals surface area contributed by atoms with Gasteiger partial charge in [-0.2, -0.15) is 0 Å². The zero-order valence-electron chi connectivity index (χ0n) is 10.4. The van der Waals surface area contributed by atoms with Gasteiger partial charge in [-0.15, -0.1) is 0 Å². The molecule has 102 valence electrons. The fourth-order valence-electron chi connectivity index (χ4n) is 1.57. The quantitative estimate of drug-likeness (QED) is 0.810. The molecule has 0 aliphatic heterocycles. The first-order valence-electron chi connectivity index (χ1n) is 5.78. The Morgan fingerprint density at radius 1 is 1.28 bits per heavy atom. The molecular weight excluding hydrogens is 260 g/mol. The maximum atomic E-state index is 13.0. The van der Waals surface area contributed by atoms with Gasteiger partial charge in [-0.1, -0.05) is 6.92 Å². The first kappa shape index (κ1) is 15.0. The lowest BCUT2D eigenvalue weighted by Gasteiger charge is -2.12. The molecule has 1 N–H and O–H groups in total. The van der Waals surface area contributed by atoms with Crippen LogP contribution in [0.25, 0.3) is 0 Å². The maximum Gasteiger partial charge on any atom is 0.178 e. The largest absolute Gasteiger partial charge is 0.314 e. The summed E-state index contributed by atoms with van der Waals surface area (Å²) in [6.45, 7) is 4.57. The Labute approximate surface area is 106 Å². The highest BCUT2D eigenvalue weighted by atomic mass is 32.2. The number of nitrogens with one attached hydrogen (secondary N) is 1. The summed E-state index contributed by atoms with van der Waals surface area (Å²) in [5.41, 5.74) is 0. The van der Waals surface area contributed by atoms with Crippen molar-refractivity contribution in [2.75, 3.05) is 12.3 Å². The summed E-state index contributed by atoms with van der Waals surface area (Å²) in [5.74, 6) is -2.28. The van der Waals surface area contributed by atoms with E-state index in [9.17, 15) is 17.2 Å². The van der Waals surface area contributed by atoms with Crippen molar-refractivity contribution in [2.45, 2.75) is 31.2 Å². The predicted molar refractivity (Wildman–Crippen MR) is 66.2 cm³/mol. The Balaban J connectivity index is 2.77. The van der Waals surface area contributed by atoms with Crippen LogP contribution in [-0.2, 0) is 9.84 Å². The normalized spacial score (nSPS) is 13.6. The van der Waals surface area contributed by atoms with Crippen LogP contribution in [0.15, 0.2) is 23.1 Å². The molecule has 1 atom stereocenters. The van der Waals surface area contributed by atoms with Gasteiger partial charge in [0.05, 0.1) is 10.6 Å². The summed E-state index contributed by atoms with van der Waals surface area (Å²) < 4.78 is 49.5. The molecule has 0 saturated carbocycles. The molecule has 0 aliphatic rings. The number of benzene rings is 1.